The summed E-state index contributed by atoms with van der Waals surface area (Å²) in [6.07, 6.45) is 2.98. The first-order valence-electron chi connectivity index (χ1n) is 8.64. The third-order valence-electron chi connectivity index (χ3n) is 3.99. The zero-order chi connectivity index (χ0) is 18.2. The quantitative estimate of drug-likeness (QED) is 0.707. The van der Waals surface area contributed by atoms with E-state index in [4.69, 9.17) is 14.2 Å². The van der Waals surface area contributed by atoms with Crippen molar-refractivity contribution in [3.63, 3.8) is 0 Å². The van der Waals surface area contributed by atoms with Crippen LogP contribution in [0.25, 0.3) is 0 Å². The standard InChI is InChI=1S/C19H23N3O4/c1-24-15-5-7-16(8-6-15)25-12-10-20-18-9-4-14(13-21-18)22-19(23)17-3-2-11-26-17/h4-9,13,17H,2-3,10-12H2,1H3,(H,20,21)(H,22,23). The third kappa shape index (κ3) is 5.10. The van der Waals surface area contributed by atoms with E-state index in [1.807, 2.05) is 36.4 Å². The van der Waals surface area contributed by atoms with E-state index >= 15 is 0 Å². The number of nitrogens with one attached hydrogen (secondary N) is 2. The highest BCUT2D eigenvalue weighted by molar-refractivity contribution is 5.94. The molecule has 0 bridgehead atoms. The molecule has 0 spiro atoms. The number of benzene rings is 1. The first-order chi connectivity index (χ1) is 12.7. The van der Waals surface area contributed by atoms with Gasteiger partial charge in [0.2, 0.25) is 0 Å². The fourth-order valence-electron chi connectivity index (χ4n) is 2.60. The Morgan fingerprint density at radius 1 is 1.23 bits per heavy atom. The van der Waals surface area contributed by atoms with Gasteiger partial charge in [-0.3, -0.25) is 4.79 Å². The molecule has 1 saturated heterocycles. The van der Waals surface area contributed by atoms with Gasteiger partial charge in [-0.1, -0.05) is 0 Å². The van der Waals surface area contributed by atoms with Gasteiger partial charge in [0, 0.05) is 6.61 Å². The Hall–Kier alpha value is -2.80. The molecule has 26 heavy (non-hydrogen) atoms. The van der Waals surface area contributed by atoms with Crippen LogP contribution >= 0.6 is 0 Å². The summed E-state index contributed by atoms with van der Waals surface area (Å²) in [4.78, 5) is 16.3. The maximum absolute atomic E-state index is 12.0. The minimum absolute atomic E-state index is 0.113. The molecule has 138 valence electrons. The molecular weight excluding hydrogens is 334 g/mol. The van der Waals surface area contributed by atoms with Crippen LogP contribution in [-0.2, 0) is 9.53 Å². The molecule has 2 aromatic rings. The van der Waals surface area contributed by atoms with E-state index in [9.17, 15) is 4.79 Å². The van der Waals surface area contributed by atoms with Crippen molar-refractivity contribution in [2.24, 2.45) is 0 Å². The van der Waals surface area contributed by atoms with E-state index in [2.05, 4.69) is 15.6 Å². The Labute approximate surface area is 152 Å². The number of amides is 1. The Kier molecular flexibility index (Phi) is 6.27. The lowest BCUT2D eigenvalue weighted by Gasteiger charge is -2.11. The molecule has 2 heterocycles. The number of hydrogen-bond acceptors (Lipinski definition) is 6. The van der Waals surface area contributed by atoms with Crippen LogP contribution in [0.2, 0.25) is 0 Å². The maximum Gasteiger partial charge on any atom is 0.253 e. The number of carbonyl (C=O) groups is 1. The van der Waals surface area contributed by atoms with Gasteiger partial charge in [-0.25, -0.2) is 4.98 Å². The van der Waals surface area contributed by atoms with Gasteiger partial charge in [0.05, 0.1) is 25.5 Å². The van der Waals surface area contributed by atoms with E-state index in [-0.39, 0.29) is 12.0 Å². The zero-order valence-corrected chi connectivity index (χ0v) is 14.7. The molecule has 7 nitrogen and oxygen atoms in total. The fraction of sp³-hybridized carbons (Fsp3) is 0.368. The van der Waals surface area contributed by atoms with Crippen molar-refractivity contribution in [1.29, 1.82) is 0 Å². The molecule has 0 aliphatic carbocycles. The van der Waals surface area contributed by atoms with Gasteiger partial charge in [-0.2, -0.15) is 0 Å². The molecule has 3 rings (SSSR count). The van der Waals surface area contributed by atoms with E-state index in [1.165, 1.54) is 0 Å². The lowest BCUT2D eigenvalue weighted by Crippen LogP contribution is -2.26. The topological polar surface area (TPSA) is 81.7 Å². The number of methoxy groups -OCH3 is 1. The van der Waals surface area contributed by atoms with Crippen molar-refractivity contribution >= 4 is 17.4 Å². The molecule has 1 amide bonds. The summed E-state index contributed by atoms with van der Waals surface area (Å²) < 4.78 is 16.1. The average Bonchev–Trinajstić information content (AvgIpc) is 3.22. The van der Waals surface area contributed by atoms with Gasteiger partial charge in [0.25, 0.3) is 5.91 Å². The number of aromatic nitrogens is 1. The number of ether oxygens (including phenoxy) is 3. The first kappa shape index (κ1) is 18.0. The zero-order valence-electron chi connectivity index (χ0n) is 14.7. The first-order valence-corrected chi connectivity index (χ1v) is 8.64. The molecule has 1 aliphatic heterocycles. The second-order valence-corrected chi connectivity index (χ2v) is 5.87. The van der Waals surface area contributed by atoms with Crippen LogP contribution < -0.4 is 20.1 Å². The van der Waals surface area contributed by atoms with Gasteiger partial charge in [-0.05, 0) is 49.2 Å². The molecule has 1 unspecified atom stereocenters. The Bertz CT molecular complexity index is 698. The molecule has 7 heteroatoms. The molecule has 1 fully saturated rings. The summed E-state index contributed by atoms with van der Waals surface area (Å²) in [7, 11) is 1.63. The highest BCUT2D eigenvalue weighted by Crippen LogP contribution is 2.17. The second kappa shape index (κ2) is 9.05. The summed E-state index contributed by atoms with van der Waals surface area (Å²) in [5.41, 5.74) is 0.658. The summed E-state index contributed by atoms with van der Waals surface area (Å²) in [5.74, 6) is 2.19. The average molecular weight is 357 g/mol. The number of rotatable bonds is 8. The largest absolute Gasteiger partial charge is 0.497 e. The van der Waals surface area contributed by atoms with E-state index in [0.717, 1.165) is 30.2 Å². The number of carbonyl (C=O) groups excluding carboxylic acids is 1. The van der Waals surface area contributed by atoms with Crippen LogP contribution in [0, 0.1) is 0 Å². The number of anilines is 2. The SMILES string of the molecule is COc1ccc(OCCNc2ccc(NC(=O)C3CCCO3)cn2)cc1. The van der Waals surface area contributed by atoms with Crippen LogP contribution in [0.1, 0.15) is 12.8 Å². The Morgan fingerprint density at radius 2 is 2.04 bits per heavy atom. The maximum atomic E-state index is 12.0. The molecule has 0 saturated carbocycles. The lowest BCUT2D eigenvalue weighted by atomic mass is 10.2. The minimum atomic E-state index is -0.345. The molecule has 1 aromatic heterocycles. The molecular formula is C19H23N3O4. The number of nitrogens with zero attached hydrogens (tertiary/aromatic N) is 1. The lowest BCUT2D eigenvalue weighted by molar-refractivity contribution is -0.124. The highest BCUT2D eigenvalue weighted by Gasteiger charge is 2.23. The predicted molar refractivity (Wildman–Crippen MR) is 98.8 cm³/mol. The monoisotopic (exact) mass is 357 g/mol. The summed E-state index contributed by atoms with van der Waals surface area (Å²) in [5, 5.41) is 5.99. The summed E-state index contributed by atoms with van der Waals surface area (Å²) in [6.45, 7) is 1.77. The normalized spacial score (nSPS) is 16.1. The van der Waals surface area contributed by atoms with Gasteiger partial charge < -0.3 is 24.8 Å². The van der Waals surface area contributed by atoms with Crippen molar-refractivity contribution in [2.75, 3.05) is 37.5 Å². The van der Waals surface area contributed by atoms with Crippen molar-refractivity contribution < 1.29 is 19.0 Å². The highest BCUT2D eigenvalue weighted by atomic mass is 16.5. The van der Waals surface area contributed by atoms with Gasteiger partial charge in [0.15, 0.2) is 0 Å². The molecule has 0 radical (unpaired) electrons. The minimum Gasteiger partial charge on any atom is -0.497 e. The van der Waals surface area contributed by atoms with Crippen LogP contribution in [0.3, 0.4) is 0 Å². The van der Waals surface area contributed by atoms with Crippen molar-refractivity contribution in [1.82, 2.24) is 4.98 Å². The fourth-order valence-corrected chi connectivity index (χ4v) is 2.60. The molecule has 1 atom stereocenters. The number of hydrogen-bond donors (Lipinski definition) is 2. The van der Waals surface area contributed by atoms with Crippen molar-refractivity contribution in [3.8, 4) is 11.5 Å². The van der Waals surface area contributed by atoms with Crippen molar-refractivity contribution in [3.05, 3.63) is 42.6 Å². The second-order valence-electron chi connectivity index (χ2n) is 5.87. The van der Waals surface area contributed by atoms with Crippen molar-refractivity contribution in [2.45, 2.75) is 18.9 Å². The molecule has 1 aliphatic rings. The van der Waals surface area contributed by atoms with Crippen LogP contribution in [-0.4, -0.2) is 43.9 Å². The van der Waals surface area contributed by atoms with E-state index in [0.29, 0.717) is 25.4 Å². The van der Waals surface area contributed by atoms with Crippen LogP contribution in [0.15, 0.2) is 42.6 Å². The molecule has 2 N–H and O–H groups in total. The third-order valence-corrected chi connectivity index (χ3v) is 3.99. The summed E-state index contributed by atoms with van der Waals surface area (Å²) in [6, 6.07) is 11.1. The van der Waals surface area contributed by atoms with Crippen LogP contribution in [0.5, 0.6) is 11.5 Å². The Balaban J connectivity index is 1.39. The summed E-state index contributed by atoms with van der Waals surface area (Å²) >= 11 is 0. The van der Waals surface area contributed by atoms with Gasteiger partial charge >= 0.3 is 0 Å². The van der Waals surface area contributed by atoms with Gasteiger partial charge in [-0.15, -0.1) is 0 Å². The van der Waals surface area contributed by atoms with E-state index < -0.39 is 0 Å². The Morgan fingerprint density at radius 3 is 2.69 bits per heavy atom. The molecule has 1 aromatic carbocycles. The predicted octanol–water partition coefficient (Wildman–Crippen LogP) is 2.70. The smallest absolute Gasteiger partial charge is 0.253 e. The van der Waals surface area contributed by atoms with E-state index in [1.54, 1.807) is 13.3 Å². The number of pyridine rings is 1. The van der Waals surface area contributed by atoms with Gasteiger partial charge in [0.1, 0.15) is 30.0 Å². The van der Waals surface area contributed by atoms with Crippen LogP contribution in [0.4, 0.5) is 11.5 Å².